The Morgan fingerprint density at radius 1 is 1.28 bits per heavy atom. The molecule has 0 fully saturated rings. The summed E-state index contributed by atoms with van der Waals surface area (Å²) in [6.45, 7) is 5.13. The first-order chi connectivity index (χ1) is 13.9. The second-order valence-electron chi connectivity index (χ2n) is 6.91. The van der Waals surface area contributed by atoms with Gasteiger partial charge in [0, 0.05) is 17.0 Å². The SMILES string of the molecule is CC[C@H](C)NC(=O)COC(=O)Cn1cnc2scc(-c3ccc(C)cc3)c2c1=O. The Bertz CT molecular complexity index is 1090. The van der Waals surface area contributed by atoms with Crippen LogP contribution in [0.1, 0.15) is 25.8 Å². The van der Waals surface area contributed by atoms with Gasteiger partial charge in [0.05, 0.1) is 11.7 Å². The van der Waals surface area contributed by atoms with Crippen LogP contribution in [0.2, 0.25) is 0 Å². The summed E-state index contributed by atoms with van der Waals surface area (Å²) in [6, 6.07) is 7.88. The molecule has 1 amide bonds. The Labute approximate surface area is 172 Å². The zero-order valence-corrected chi connectivity index (χ0v) is 17.4. The Morgan fingerprint density at radius 3 is 2.69 bits per heavy atom. The molecule has 2 aromatic heterocycles. The number of nitrogens with zero attached hydrogens (tertiary/aromatic N) is 2. The molecule has 8 heteroatoms. The van der Waals surface area contributed by atoms with E-state index in [1.807, 2.05) is 50.4 Å². The quantitative estimate of drug-likeness (QED) is 0.602. The third-order valence-electron chi connectivity index (χ3n) is 4.61. The van der Waals surface area contributed by atoms with Gasteiger partial charge < -0.3 is 10.1 Å². The molecule has 0 aliphatic carbocycles. The number of hydrogen-bond donors (Lipinski definition) is 1. The minimum atomic E-state index is -0.667. The molecule has 3 rings (SSSR count). The van der Waals surface area contributed by atoms with E-state index in [1.165, 1.54) is 22.2 Å². The van der Waals surface area contributed by atoms with Crippen LogP contribution in [0.5, 0.6) is 0 Å². The molecule has 1 atom stereocenters. The van der Waals surface area contributed by atoms with Gasteiger partial charge >= 0.3 is 5.97 Å². The first-order valence-corrected chi connectivity index (χ1v) is 10.3. The number of esters is 1. The summed E-state index contributed by atoms with van der Waals surface area (Å²) < 4.78 is 6.20. The average molecular weight is 413 g/mol. The lowest BCUT2D eigenvalue weighted by atomic mass is 10.1. The second-order valence-corrected chi connectivity index (χ2v) is 7.77. The van der Waals surface area contributed by atoms with Crippen LogP contribution in [0.4, 0.5) is 0 Å². The highest BCUT2D eigenvalue weighted by atomic mass is 32.1. The molecule has 0 radical (unpaired) electrons. The van der Waals surface area contributed by atoms with Gasteiger partial charge in [-0.05, 0) is 25.8 Å². The number of ether oxygens (including phenoxy) is 1. The molecule has 0 unspecified atom stereocenters. The van der Waals surface area contributed by atoms with Crippen LogP contribution >= 0.6 is 11.3 Å². The smallest absolute Gasteiger partial charge is 0.326 e. The highest BCUT2D eigenvalue weighted by Gasteiger charge is 2.16. The normalized spacial score (nSPS) is 12.0. The zero-order chi connectivity index (χ0) is 21.0. The van der Waals surface area contributed by atoms with Crippen molar-refractivity contribution in [1.29, 1.82) is 0 Å². The van der Waals surface area contributed by atoms with Crippen molar-refractivity contribution in [2.24, 2.45) is 0 Å². The summed E-state index contributed by atoms with van der Waals surface area (Å²) in [4.78, 5) is 41.7. The second kappa shape index (κ2) is 9.00. The summed E-state index contributed by atoms with van der Waals surface area (Å²) in [5.74, 6) is -1.03. The largest absolute Gasteiger partial charge is 0.454 e. The molecule has 0 aliphatic heterocycles. The van der Waals surface area contributed by atoms with Crippen molar-refractivity contribution >= 4 is 33.4 Å². The van der Waals surface area contributed by atoms with E-state index in [-0.39, 0.29) is 30.7 Å². The van der Waals surface area contributed by atoms with Crippen molar-refractivity contribution in [3.8, 4) is 11.1 Å². The zero-order valence-electron chi connectivity index (χ0n) is 16.6. The summed E-state index contributed by atoms with van der Waals surface area (Å²) in [5, 5.41) is 5.08. The molecule has 0 spiro atoms. The molecule has 0 saturated carbocycles. The molecule has 2 heterocycles. The van der Waals surface area contributed by atoms with Gasteiger partial charge in [-0.3, -0.25) is 19.0 Å². The Balaban J connectivity index is 1.77. The lowest BCUT2D eigenvalue weighted by molar-refractivity contribution is -0.149. The van der Waals surface area contributed by atoms with Gasteiger partial charge in [-0.1, -0.05) is 36.8 Å². The van der Waals surface area contributed by atoms with Gasteiger partial charge in [0.2, 0.25) is 0 Å². The Morgan fingerprint density at radius 2 is 2.00 bits per heavy atom. The molecule has 152 valence electrons. The maximum absolute atomic E-state index is 13.0. The van der Waals surface area contributed by atoms with Crippen LogP contribution in [0.15, 0.2) is 40.8 Å². The number of aromatic nitrogens is 2. The number of rotatable bonds is 7. The van der Waals surface area contributed by atoms with Gasteiger partial charge in [0.1, 0.15) is 11.4 Å². The van der Waals surface area contributed by atoms with Crippen LogP contribution < -0.4 is 10.9 Å². The predicted octanol–water partition coefficient (Wildman–Crippen LogP) is 2.89. The van der Waals surface area contributed by atoms with Gasteiger partial charge in [-0.2, -0.15) is 0 Å². The molecule has 1 aromatic carbocycles. The van der Waals surface area contributed by atoms with Crippen LogP contribution in [0, 0.1) is 6.92 Å². The Kier molecular flexibility index (Phi) is 6.43. The summed E-state index contributed by atoms with van der Waals surface area (Å²) in [6.07, 6.45) is 2.12. The van der Waals surface area contributed by atoms with Gasteiger partial charge in [-0.15, -0.1) is 11.3 Å². The molecule has 0 aliphatic rings. The van der Waals surface area contributed by atoms with Crippen molar-refractivity contribution in [3.63, 3.8) is 0 Å². The molecule has 0 bridgehead atoms. The first kappa shape index (κ1) is 20.7. The lowest BCUT2D eigenvalue weighted by Crippen LogP contribution is -2.36. The number of nitrogens with one attached hydrogen (secondary N) is 1. The fourth-order valence-corrected chi connectivity index (χ4v) is 3.68. The maximum atomic E-state index is 13.0. The van der Waals surface area contributed by atoms with Crippen molar-refractivity contribution < 1.29 is 14.3 Å². The molecule has 7 nitrogen and oxygen atoms in total. The number of fused-ring (bicyclic) bond motifs is 1. The number of thiophene rings is 1. The highest BCUT2D eigenvalue weighted by molar-refractivity contribution is 7.17. The summed E-state index contributed by atoms with van der Waals surface area (Å²) >= 11 is 1.38. The first-order valence-electron chi connectivity index (χ1n) is 9.37. The minimum absolute atomic E-state index is 0.00853. The third kappa shape index (κ3) is 4.89. The van der Waals surface area contributed by atoms with E-state index in [2.05, 4.69) is 10.3 Å². The van der Waals surface area contributed by atoms with E-state index in [0.29, 0.717) is 10.2 Å². The van der Waals surface area contributed by atoms with Gasteiger partial charge in [-0.25, -0.2) is 4.98 Å². The van der Waals surface area contributed by atoms with Crippen molar-refractivity contribution in [2.45, 2.75) is 39.8 Å². The van der Waals surface area contributed by atoms with Crippen molar-refractivity contribution in [3.05, 3.63) is 51.9 Å². The molecular weight excluding hydrogens is 390 g/mol. The van der Waals surface area contributed by atoms with Crippen LogP contribution in [-0.4, -0.2) is 34.1 Å². The fourth-order valence-electron chi connectivity index (χ4n) is 2.78. The van der Waals surface area contributed by atoms with Gasteiger partial charge in [0.15, 0.2) is 6.61 Å². The topological polar surface area (TPSA) is 90.3 Å². The number of amides is 1. The molecule has 0 saturated heterocycles. The number of benzene rings is 1. The number of carbonyl (C=O) groups excluding carboxylic acids is 2. The summed E-state index contributed by atoms with van der Waals surface area (Å²) in [5.41, 5.74) is 2.53. The van der Waals surface area contributed by atoms with Crippen LogP contribution in [-0.2, 0) is 20.9 Å². The van der Waals surface area contributed by atoms with Crippen LogP contribution in [0.3, 0.4) is 0 Å². The number of carbonyl (C=O) groups is 2. The van der Waals surface area contributed by atoms with Gasteiger partial charge in [0.25, 0.3) is 11.5 Å². The molecular formula is C21H23N3O4S. The average Bonchev–Trinajstić information content (AvgIpc) is 3.14. The molecule has 29 heavy (non-hydrogen) atoms. The molecule has 3 aromatic rings. The summed E-state index contributed by atoms with van der Waals surface area (Å²) in [7, 11) is 0. The number of hydrogen-bond acceptors (Lipinski definition) is 6. The number of aryl methyl sites for hydroxylation is 1. The van der Waals surface area contributed by atoms with Crippen molar-refractivity contribution in [2.75, 3.05) is 6.61 Å². The monoisotopic (exact) mass is 413 g/mol. The van der Waals surface area contributed by atoms with E-state index < -0.39 is 5.97 Å². The standard InChI is InChI=1S/C21H23N3O4S/c1-4-14(3)23-17(25)10-28-18(26)9-24-12-22-20-19(21(24)27)16(11-29-20)15-7-5-13(2)6-8-15/h5-8,11-12,14H,4,9-10H2,1-3H3,(H,23,25)/t14-/m0/s1. The lowest BCUT2D eigenvalue weighted by Gasteiger charge is -2.11. The van der Waals surface area contributed by atoms with E-state index in [1.54, 1.807) is 0 Å². The van der Waals surface area contributed by atoms with E-state index in [4.69, 9.17) is 4.74 Å². The predicted molar refractivity (Wildman–Crippen MR) is 113 cm³/mol. The van der Waals surface area contributed by atoms with E-state index in [9.17, 15) is 14.4 Å². The van der Waals surface area contributed by atoms with E-state index in [0.717, 1.165) is 23.1 Å². The fraction of sp³-hybridized carbons (Fsp3) is 0.333. The van der Waals surface area contributed by atoms with Crippen LogP contribution in [0.25, 0.3) is 21.3 Å². The highest BCUT2D eigenvalue weighted by Crippen LogP contribution is 2.30. The maximum Gasteiger partial charge on any atom is 0.326 e. The minimum Gasteiger partial charge on any atom is -0.454 e. The van der Waals surface area contributed by atoms with E-state index >= 15 is 0 Å². The van der Waals surface area contributed by atoms with Crippen molar-refractivity contribution in [1.82, 2.24) is 14.9 Å². The Hall–Kier alpha value is -3.00. The molecule has 1 N–H and O–H groups in total. The third-order valence-corrected chi connectivity index (χ3v) is 5.49.